The van der Waals surface area contributed by atoms with Gasteiger partial charge in [-0.05, 0) is 25.0 Å². The average molecular weight is 242 g/mol. The van der Waals surface area contributed by atoms with Crippen molar-refractivity contribution in [1.29, 1.82) is 0 Å². The van der Waals surface area contributed by atoms with E-state index in [-0.39, 0.29) is 11.8 Å². The molecule has 1 aromatic rings. The van der Waals surface area contributed by atoms with Gasteiger partial charge in [-0.2, -0.15) is 0 Å². The molecule has 1 aliphatic rings. The Hall–Kier alpha value is -1.95. The molecule has 1 heterocycles. The number of carbonyl (C=O) groups excluding carboxylic acids is 1. The van der Waals surface area contributed by atoms with Crippen molar-refractivity contribution < 1.29 is 4.79 Å². The molecule has 1 aromatic carbocycles. The maximum Gasteiger partial charge on any atom is 0.228 e. The lowest BCUT2D eigenvalue weighted by Gasteiger charge is -2.29. The molecule has 94 valence electrons. The van der Waals surface area contributed by atoms with Crippen LogP contribution in [0.1, 0.15) is 12.5 Å². The van der Waals surface area contributed by atoms with Crippen molar-refractivity contribution >= 4 is 11.6 Å². The molecule has 1 N–H and O–H groups in total. The summed E-state index contributed by atoms with van der Waals surface area (Å²) in [5.41, 5.74) is 2.35. The third-order valence-corrected chi connectivity index (χ3v) is 3.35. The van der Waals surface area contributed by atoms with E-state index in [0.717, 1.165) is 12.1 Å². The van der Waals surface area contributed by atoms with Crippen molar-refractivity contribution in [2.24, 2.45) is 5.92 Å². The SMILES string of the molecule is C#CCN(CC)C(=O)C1CNc2ccccc2C1. The van der Waals surface area contributed by atoms with Gasteiger partial charge < -0.3 is 10.2 Å². The summed E-state index contributed by atoms with van der Waals surface area (Å²) in [5.74, 6) is 2.69. The van der Waals surface area contributed by atoms with Crippen molar-refractivity contribution in [2.75, 3.05) is 25.0 Å². The maximum absolute atomic E-state index is 12.3. The first-order valence-corrected chi connectivity index (χ1v) is 6.30. The first-order valence-electron chi connectivity index (χ1n) is 6.30. The number of nitrogens with one attached hydrogen (secondary N) is 1. The second kappa shape index (κ2) is 5.59. The highest BCUT2D eigenvalue weighted by Gasteiger charge is 2.27. The van der Waals surface area contributed by atoms with Gasteiger partial charge in [-0.25, -0.2) is 0 Å². The van der Waals surface area contributed by atoms with E-state index in [1.165, 1.54) is 5.56 Å². The molecule has 0 saturated heterocycles. The lowest BCUT2D eigenvalue weighted by atomic mass is 9.93. The number of nitrogens with zero attached hydrogens (tertiary/aromatic N) is 1. The number of rotatable bonds is 3. The standard InChI is InChI=1S/C15H18N2O/c1-3-9-17(4-2)15(18)13-10-12-7-5-6-8-14(12)16-11-13/h1,5-8,13,16H,4,9-11H2,2H3. The topological polar surface area (TPSA) is 32.3 Å². The molecule has 0 spiro atoms. The fourth-order valence-corrected chi connectivity index (χ4v) is 2.33. The molecule has 2 rings (SSSR count). The van der Waals surface area contributed by atoms with Crippen LogP contribution < -0.4 is 5.32 Å². The van der Waals surface area contributed by atoms with E-state index >= 15 is 0 Å². The summed E-state index contributed by atoms with van der Waals surface area (Å²) in [6.45, 7) is 3.71. The van der Waals surface area contributed by atoms with Gasteiger partial charge in [0.1, 0.15) is 0 Å². The zero-order valence-electron chi connectivity index (χ0n) is 10.6. The molecule has 1 aliphatic heterocycles. The van der Waals surface area contributed by atoms with Gasteiger partial charge in [-0.3, -0.25) is 4.79 Å². The minimum absolute atomic E-state index is 0.00630. The van der Waals surface area contributed by atoms with Crippen LogP contribution in [0.4, 0.5) is 5.69 Å². The van der Waals surface area contributed by atoms with Crippen LogP contribution in [0, 0.1) is 18.3 Å². The molecule has 1 atom stereocenters. The van der Waals surface area contributed by atoms with Crippen LogP contribution in [0.25, 0.3) is 0 Å². The predicted molar refractivity (Wildman–Crippen MR) is 73.2 cm³/mol. The van der Waals surface area contributed by atoms with Crippen molar-refractivity contribution in [3.8, 4) is 12.3 Å². The third kappa shape index (κ3) is 2.48. The maximum atomic E-state index is 12.3. The molecule has 3 heteroatoms. The Labute approximate surface area is 108 Å². The number of amides is 1. The Bertz CT molecular complexity index is 476. The Morgan fingerprint density at radius 1 is 1.56 bits per heavy atom. The van der Waals surface area contributed by atoms with Crippen LogP contribution in [0.15, 0.2) is 24.3 Å². The van der Waals surface area contributed by atoms with Crippen molar-refractivity contribution in [1.82, 2.24) is 4.90 Å². The minimum atomic E-state index is -0.00630. The zero-order chi connectivity index (χ0) is 13.0. The second-order valence-electron chi connectivity index (χ2n) is 4.50. The fraction of sp³-hybridized carbons (Fsp3) is 0.400. The van der Waals surface area contributed by atoms with Crippen LogP contribution in [-0.4, -0.2) is 30.4 Å². The molecular formula is C15H18N2O. The normalized spacial score (nSPS) is 17.2. The highest BCUT2D eigenvalue weighted by atomic mass is 16.2. The van der Waals surface area contributed by atoms with Gasteiger partial charge in [0.2, 0.25) is 5.91 Å². The molecule has 0 fully saturated rings. The highest BCUT2D eigenvalue weighted by Crippen LogP contribution is 2.25. The minimum Gasteiger partial charge on any atom is -0.384 e. The van der Waals surface area contributed by atoms with Gasteiger partial charge in [0, 0.05) is 18.8 Å². The summed E-state index contributed by atoms with van der Waals surface area (Å²) < 4.78 is 0. The highest BCUT2D eigenvalue weighted by molar-refractivity contribution is 5.81. The molecule has 0 bridgehead atoms. The van der Waals surface area contributed by atoms with Gasteiger partial charge in [-0.1, -0.05) is 24.1 Å². The molecule has 18 heavy (non-hydrogen) atoms. The average Bonchev–Trinajstić information content (AvgIpc) is 2.43. The molecule has 0 radical (unpaired) electrons. The summed E-state index contributed by atoms with van der Waals surface area (Å²) in [6, 6.07) is 8.13. The third-order valence-electron chi connectivity index (χ3n) is 3.35. The molecule has 1 amide bonds. The van der Waals surface area contributed by atoms with Crippen LogP contribution in [0.3, 0.4) is 0 Å². The van der Waals surface area contributed by atoms with Crippen LogP contribution >= 0.6 is 0 Å². The summed E-state index contributed by atoms with van der Waals surface area (Å²) in [6.07, 6.45) is 6.08. The Balaban J connectivity index is 2.09. The molecule has 0 saturated carbocycles. The van der Waals surface area contributed by atoms with E-state index in [4.69, 9.17) is 6.42 Å². The van der Waals surface area contributed by atoms with E-state index in [1.54, 1.807) is 4.90 Å². The zero-order valence-corrected chi connectivity index (χ0v) is 10.6. The molecule has 0 aromatic heterocycles. The van der Waals surface area contributed by atoms with Crippen LogP contribution in [0.5, 0.6) is 0 Å². The van der Waals surface area contributed by atoms with E-state index in [9.17, 15) is 4.79 Å². The Morgan fingerprint density at radius 2 is 2.33 bits per heavy atom. The quantitative estimate of drug-likeness (QED) is 0.819. The number of terminal acetylenes is 1. The fourth-order valence-electron chi connectivity index (χ4n) is 2.33. The lowest BCUT2D eigenvalue weighted by Crippen LogP contribution is -2.41. The molecular weight excluding hydrogens is 224 g/mol. The van der Waals surface area contributed by atoms with Crippen molar-refractivity contribution in [3.63, 3.8) is 0 Å². The van der Waals surface area contributed by atoms with E-state index in [2.05, 4.69) is 23.4 Å². The Kier molecular flexibility index (Phi) is 3.88. The van der Waals surface area contributed by atoms with Gasteiger partial charge in [0.25, 0.3) is 0 Å². The Morgan fingerprint density at radius 3 is 3.06 bits per heavy atom. The number of benzene rings is 1. The van der Waals surface area contributed by atoms with Gasteiger partial charge >= 0.3 is 0 Å². The summed E-state index contributed by atoms with van der Waals surface area (Å²) in [4.78, 5) is 14.1. The number of para-hydroxylation sites is 1. The first kappa shape index (κ1) is 12.5. The number of hydrogen-bond donors (Lipinski definition) is 1. The van der Waals surface area contributed by atoms with Gasteiger partial charge in [0.15, 0.2) is 0 Å². The van der Waals surface area contributed by atoms with Gasteiger partial charge in [-0.15, -0.1) is 6.42 Å². The monoisotopic (exact) mass is 242 g/mol. The summed E-state index contributed by atoms with van der Waals surface area (Å²) in [5, 5.41) is 3.32. The second-order valence-corrected chi connectivity index (χ2v) is 4.50. The van der Waals surface area contributed by atoms with Crippen LogP contribution in [-0.2, 0) is 11.2 Å². The van der Waals surface area contributed by atoms with E-state index in [0.29, 0.717) is 19.6 Å². The van der Waals surface area contributed by atoms with E-state index in [1.807, 2.05) is 19.1 Å². The smallest absolute Gasteiger partial charge is 0.228 e. The summed E-state index contributed by atoms with van der Waals surface area (Å²) in [7, 11) is 0. The largest absolute Gasteiger partial charge is 0.384 e. The number of anilines is 1. The van der Waals surface area contributed by atoms with Crippen molar-refractivity contribution in [2.45, 2.75) is 13.3 Å². The first-order chi connectivity index (χ1) is 8.76. The van der Waals surface area contributed by atoms with Crippen LogP contribution in [0.2, 0.25) is 0 Å². The van der Waals surface area contributed by atoms with Crippen molar-refractivity contribution in [3.05, 3.63) is 29.8 Å². The van der Waals surface area contributed by atoms with E-state index < -0.39 is 0 Å². The molecule has 3 nitrogen and oxygen atoms in total. The lowest BCUT2D eigenvalue weighted by molar-refractivity contribution is -0.134. The molecule has 1 unspecified atom stereocenters. The molecule has 0 aliphatic carbocycles. The van der Waals surface area contributed by atoms with Gasteiger partial charge in [0.05, 0.1) is 12.5 Å². The number of hydrogen-bond acceptors (Lipinski definition) is 2. The number of fused-ring (bicyclic) bond motifs is 1. The predicted octanol–water partition coefficient (Wildman–Crippen LogP) is 1.75. The number of carbonyl (C=O) groups is 1. The summed E-state index contributed by atoms with van der Waals surface area (Å²) >= 11 is 0.